The molecule has 1 saturated heterocycles. The summed E-state index contributed by atoms with van der Waals surface area (Å²) < 4.78 is 0.705. The maximum Gasteiger partial charge on any atom is 0.222 e. The first-order chi connectivity index (χ1) is 7.74. The molecule has 1 aromatic heterocycles. The van der Waals surface area contributed by atoms with E-state index in [2.05, 4.69) is 36.5 Å². The van der Waals surface area contributed by atoms with E-state index in [4.69, 9.17) is 0 Å². The summed E-state index contributed by atoms with van der Waals surface area (Å²) in [5.74, 6) is 0.808. The highest BCUT2D eigenvalue weighted by Crippen LogP contribution is 2.13. The van der Waals surface area contributed by atoms with Crippen LogP contribution in [0, 0.1) is 0 Å². The first-order valence-electron chi connectivity index (χ1n) is 5.25. The van der Waals surface area contributed by atoms with Gasteiger partial charge in [-0.1, -0.05) is 0 Å². The summed E-state index contributed by atoms with van der Waals surface area (Å²) >= 11 is 3.23. The van der Waals surface area contributed by atoms with Gasteiger partial charge in [0.05, 0.1) is 12.4 Å². The second-order valence-electron chi connectivity index (χ2n) is 3.76. The fraction of sp³-hybridized carbons (Fsp3) is 0.500. The van der Waals surface area contributed by atoms with Crippen molar-refractivity contribution in [2.45, 2.75) is 25.3 Å². The molecule has 1 aliphatic rings. The van der Waals surface area contributed by atoms with E-state index in [1.807, 2.05) is 0 Å². The van der Waals surface area contributed by atoms with E-state index < -0.39 is 0 Å². The lowest BCUT2D eigenvalue weighted by Gasteiger charge is -2.15. The largest absolute Gasteiger partial charge is 0.366 e. The molecule has 0 radical (unpaired) electrons. The van der Waals surface area contributed by atoms with Gasteiger partial charge in [-0.15, -0.1) is 0 Å². The van der Waals surface area contributed by atoms with E-state index in [1.165, 1.54) is 0 Å². The van der Waals surface area contributed by atoms with Crippen LogP contribution in [-0.2, 0) is 4.79 Å². The van der Waals surface area contributed by atoms with Crippen molar-refractivity contribution in [3.63, 3.8) is 0 Å². The van der Waals surface area contributed by atoms with Gasteiger partial charge in [-0.3, -0.25) is 4.79 Å². The Balaban J connectivity index is 1.97. The van der Waals surface area contributed by atoms with Crippen LogP contribution < -0.4 is 10.6 Å². The van der Waals surface area contributed by atoms with Gasteiger partial charge in [0.2, 0.25) is 5.91 Å². The monoisotopic (exact) mass is 284 g/mol. The third-order valence-electron chi connectivity index (χ3n) is 2.46. The molecular weight excluding hydrogens is 272 g/mol. The second-order valence-corrected chi connectivity index (χ2v) is 4.57. The SMILES string of the molecule is O=C1CC(Nc2cnc(Br)cn2)CCCN1. The number of hydrogen-bond acceptors (Lipinski definition) is 4. The molecule has 1 atom stereocenters. The van der Waals surface area contributed by atoms with Crippen molar-refractivity contribution in [2.75, 3.05) is 11.9 Å². The minimum absolute atomic E-state index is 0.0973. The zero-order valence-corrected chi connectivity index (χ0v) is 10.3. The van der Waals surface area contributed by atoms with Gasteiger partial charge in [-0.05, 0) is 28.8 Å². The predicted octanol–water partition coefficient (Wildman–Crippen LogP) is 1.32. The zero-order valence-electron chi connectivity index (χ0n) is 8.74. The Morgan fingerprint density at radius 3 is 3.06 bits per heavy atom. The normalized spacial score (nSPS) is 21.1. The third-order valence-corrected chi connectivity index (χ3v) is 2.87. The molecule has 0 spiro atoms. The molecule has 0 aliphatic carbocycles. The molecule has 1 aromatic rings. The molecule has 6 heteroatoms. The van der Waals surface area contributed by atoms with Crippen LogP contribution in [0.3, 0.4) is 0 Å². The lowest BCUT2D eigenvalue weighted by molar-refractivity contribution is -0.120. The minimum atomic E-state index is 0.0973. The molecule has 0 aromatic carbocycles. The summed E-state index contributed by atoms with van der Waals surface area (Å²) in [7, 11) is 0. The Kier molecular flexibility index (Phi) is 3.71. The van der Waals surface area contributed by atoms with Crippen molar-refractivity contribution in [1.29, 1.82) is 0 Å². The van der Waals surface area contributed by atoms with Crippen LogP contribution in [0.25, 0.3) is 0 Å². The number of nitrogens with zero attached hydrogens (tertiary/aromatic N) is 2. The van der Waals surface area contributed by atoms with Crippen molar-refractivity contribution in [3.05, 3.63) is 17.0 Å². The van der Waals surface area contributed by atoms with Crippen molar-refractivity contribution in [2.24, 2.45) is 0 Å². The van der Waals surface area contributed by atoms with Crippen LogP contribution >= 0.6 is 15.9 Å². The predicted molar refractivity (Wildman–Crippen MR) is 64.0 cm³/mol. The molecule has 16 heavy (non-hydrogen) atoms. The smallest absolute Gasteiger partial charge is 0.222 e. The molecule has 0 saturated carbocycles. The van der Waals surface area contributed by atoms with Gasteiger partial charge in [-0.25, -0.2) is 9.97 Å². The van der Waals surface area contributed by atoms with Crippen molar-refractivity contribution < 1.29 is 4.79 Å². The quantitative estimate of drug-likeness (QED) is 0.860. The third kappa shape index (κ3) is 3.16. The second kappa shape index (κ2) is 5.25. The summed E-state index contributed by atoms with van der Waals surface area (Å²) in [6.45, 7) is 0.767. The zero-order chi connectivity index (χ0) is 11.4. The van der Waals surface area contributed by atoms with Crippen molar-refractivity contribution >= 4 is 27.7 Å². The number of nitrogens with one attached hydrogen (secondary N) is 2. The maximum absolute atomic E-state index is 11.3. The molecule has 2 rings (SSSR count). The highest BCUT2D eigenvalue weighted by Gasteiger charge is 2.17. The Labute approximate surface area is 102 Å². The molecule has 2 N–H and O–H groups in total. The standard InChI is InChI=1S/C10H13BrN4O/c11-8-5-14-9(6-13-8)15-7-2-1-3-12-10(16)4-7/h5-7H,1-4H2,(H,12,16)(H,14,15). The number of carbonyl (C=O) groups excluding carboxylic acids is 1. The number of rotatable bonds is 2. The first-order valence-corrected chi connectivity index (χ1v) is 6.04. The first kappa shape index (κ1) is 11.3. The summed E-state index contributed by atoms with van der Waals surface area (Å²) in [6, 6.07) is 0.151. The van der Waals surface area contributed by atoms with E-state index in [1.54, 1.807) is 12.4 Å². The maximum atomic E-state index is 11.3. The lowest BCUT2D eigenvalue weighted by atomic mass is 10.1. The van der Waals surface area contributed by atoms with Crippen LogP contribution in [0.2, 0.25) is 0 Å². The fourth-order valence-corrected chi connectivity index (χ4v) is 1.90. The Bertz CT molecular complexity index is 368. The fourth-order valence-electron chi connectivity index (χ4n) is 1.69. The Hall–Kier alpha value is -1.17. The van der Waals surface area contributed by atoms with E-state index in [-0.39, 0.29) is 11.9 Å². The molecule has 0 bridgehead atoms. The van der Waals surface area contributed by atoms with Gasteiger partial charge in [-0.2, -0.15) is 0 Å². The molecule has 2 heterocycles. The molecule has 5 nitrogen and oxygen atoms in total. The van der Waals surface area contributed by atoms with E-state index in [9.17, 15) is 4.79 Å². The number of aromatic nitrogens is 2. The number of carbonyl (C=O) groups is 1. The number of halogens is 1. The highest BCUT2D eigenvalue weighted by molar-refractivity contribution is 9.10. The van der Waals surface area contributed by atoms with Gasteiger partial charge in [0, 0.05) is 19.0 Å². The lowest BCUT2D eigenvalue weighted by Crippen LogP contribution is -2.27. The molecule has 1 aliphatic heterocycles. The topological polar surface area (TPSA) is 66.9 Å². The van der Waals surface area contributed by atoms with Crippen LogP contribution in [0.1, 0.15) is 19.3 Å². The van der Waals surface area contributed by atoms with Crippen molar-refractivity contribution in [3.8, 4) is 0 Å². The van der Waals surface area contributed by atoms with Crippen LogP contribution in [0.15, 0.2) is 17.0 Å². The number of hydrogen-bond donors (Lipinski definition) is 2. The Morgan fingerprint density at radius 1 is 1.44 bits per heavy atom. The van der Waals surface area contributed by atoms with Gasteiger partial charge in [0.25, 0.3) is 0 Å². The molecular formula is C10H13BrN4O. The van der Waals surface area contributed by atoms with Crippen LogP contribution in [0.5, 0.6) is 0 Å². The molecule has 1 unspecified atom stereocenters. The highest BCUT2D eigenvalue weighted by atomic mass is 79.9. The van der Waals surface area contributed by atoms with E-state index >= 15 is 0 Å². The average Bonchev–Trinajstić information content (AvgIpc) is 2.46. The van der Waals surface area contributed by atoms with Gasteiger partial charge >= 0.3 is 0 Å². The molecule has 1 fully saturated rings. The van der Waals surface area contributed by atoms with E-state index in [0.717, 1.165) is 19.4 Å². The Morgan fingerprint density at radius 2 is 2.31 bits per heavy atom. The summed E-state index contributed by atoms with van der Waals surface area (Å²) in [4.78, 5) is 19.6. The van der Waals surface area contributed by atoms with Crippen LogP contribution in [-0.4, -0.2) is 28.5 Å². The van der Waals surface area contributed by atoms with Crippen LogP contribution in [0.4, 0.5) is 5.82 Å². The molecule has 1 amide bonds. The summed E-state index contributed by atoms with van der Waals surface area (Å²) in [6.07, 6.45) is 5.76. The van der Waals surface area contributed by atoms with E-state index in [0.29, 0.717) is 16.8 Å². The molecule has 86 valence electrons. The minimum Gasteiger partial charge on any atom is -0.366 e. The number of amides is 1. The van der Waals surface area contributed by atoms with Crippen molar-refractivity contribution in [1.82, 2.24) is 15.3 Å². The van der Waals surface area contributed by atoms with Gasteiger partial charge in [0.15, 0.2) is 0 Å². The summed E-state index contributed by atoms with van der Waals surface area (Å²) in [5.41, 5.74) is 0. The summed E-state index contributed by atoms with van der Waals surface area (Å²) in [5, 5.41) is 6.07. The average molecular weight is 285 g/mol. The number of anilines is 1. The van der Waals surface area contributed by atoms with Gasteiger partial charge in [0.1, 0.15) is 10.4 Å². The van der Waals surface area contributed by atoms with Gasteiger partial charge < -0.3 is 10.6 Å².